The van der Waals surface area contributed by atoms with E-state index in [1.807, 2.05) is 31.2 Å². The third-order valence-corrected chi connectivity index (χ3v) is 5.29. The van der Waals surface area contributed by atoms with Crippen molar-refractivity contribution in [3.8, 4) is 16.9 Å². The van der Waals surface area contributed by atoms with Gasteiger partial charge in [0, 0.05) is 16.9 Å². The first-order valence-corrected chi connectivity index (χ1v) is 10.3. The predicted molar refractivity (Wildman–Crippen MR) is 124 cm³/mol. The van der Waals surface area contributed by atoms with Crippen LogP contribution < -0.4 is 0 Å². The summed E-state index contributed by atoms with van der Waals surface area (Å²) < 4.78 is 15.6. The Labute approximate surface area is 182 Å². The van der Waals surface area contributed by atoms with Crippen LogP contribution in [0.15, 0.2) is 90.1 Å². The molecule has 156 valence electrons. The maximum atomic E-state index is 13.4. The summed E-state index contributed by atoms with van der Waals surface area (Å²) in [6, 6.07) is 27.3. The first kappa shape index (κ1) is 20.6. The molecule has 1 aromatic heterocycles. The van der Waals surface area contributed by atoms with Gasteiger partial charge < -0.3 is 9.40 Å². The van der Waals surface area contributed by atoms with E-state index in [1.165, 1.54) is 17.7 Å². The number of oxime groups is 1. The van der Waals surface area contributed by atoms with E-state index in [2.05, 4.69) is 66.0 Å². The largest absolute Gasteiger partial charge is 0.391 e. The average molecular weight is 413 g/mol. The van der Waals surface area contributed by atoms with Gasteiger partial charge in [-0.1, -0.05) is 59.8 Å². The van der Waals surface area contributed by atoms with Crippen LogP contribution >= 0.6 is 0 Å². The fourth-order valence-electron chi connectivity index (χ4n) is 3.77. The maximum absolute atomic E-state index is 13.4. The Balaban J connectivity index is 1.71. The molecule has 3 nitrogen and oxygen atoms in total. The van der Waals surface area contributed by atoms with E-state index >= 15 is 0 Å². The molecule has 4 heteroatoms. The number of aryl methyl sites for hydroxylation is 1. The molecule has 4 rings (SSSR count). The minimum absolute atomic E-state index is 0.221. The van der Waals surface area contributed by atoms with Gasteiger partial charge >= 0.3 is 0 Å². The average Bonchev–Trinajstić information content (AvgIpc) is 3.11. The Kier molecular flexibility index (Phi) is 5.99. The van der Waals surface area contributed by atoms with Crippen molar-refractivity contribution in [3.63, 3.8) is 0 Å². The highest BCUT2D eigenvalue weighted by atomic mass is 19.1. The lowest BCUT2D eigenvalue weighted by Gasteiger charge is -2.13. The SMILES string of the molecule is C/C(=N/OCc1cccc(F)c1)c1cc(-c2ccccc2)n(-c2cccc(C)c2)c1C. The van der Waals surface area contributed by atoms with Crippen LogP contribution in [0, 0.1) is 19.7 Å². The molecule has 0 aliphatic rings. The van der Waals surface area contributed by atoms with E-state index in [0.717, 1.165) is 39.5 Å². The van der Waals surface area contributed by atoms with Crippen LogP contribution in [0.2, 0.25) is 0 Å². The van der Waals surface area contributed by atoms with E-state index < -0.39 is 0 Å². The summed E-state index contributed by atoms with van der Waals surface area (Å²) in [5, 5.41) is 4.32. The monoisotopic (exact) mass is 412 g/mol. The molecule has 0 spiro atoms. The predicted octanol–water partition coefficient (Wildman–Crippen LogP) is 6.84. The van der Waals surface area contributed by atoms with Gasteiger partial charge in [0.05, 0.1) is 11.4 Å². The van der Waals surface area contributed by atoms with Gasteiger partial charge in [0.1, 0.15) is 12.4 Å². The van der Waals surface area contributed by atoms with Gasteiger partial charge in [-0.05, 0) is 67.8 Å². The van der Waals surface area contributed by atoms with E-state index in [9.17, 15) is 4.39 Å². The van der Waals surface area contributed by atoms with Gasteiger partial charge in [0.25, 0.3) is 0 Å². The van der Waals surface area contributed by atoms with Crippen LogP contribution in [0.3, 0.4) is 0 Å². The molecule has 0 amide bonds. The summed E-state index contributed by atoms with van der Waals surface area (Å²) >= 11 is 0. The number of hydrogen-bond donors (Lipinski definition) is 0. The van der Waals surface area contributed by atoms with Gasteiger partial charge in [-0.2, -0.15) is 0 Å². The molecule has 0 saturated carbocycles. The van der Waals surface area contributed by atoms with Crippen LogP contribution in [-0.2, 0) is 11.4 Å². The highest BCUT2D eigenvalue weighted by molar-refractivity contribution is 6.01. The first-order chi connectivity index (χ1) is 15.0. The van der Waals surface area contributed by atoms with Crippen LogP contribution in [-0.4, -0.2) is 10.3 Å². The van der Waals surface area contributed by atoms with Crippen LogP contribution in [0.4, 0.5) is 4.39 Å². The Morgan fingerprint density at radius 1 is 0.903 bits per heavy atom. The number of halogens is 1. The molecule has 0 bridgehead atoms. The molecule has 0 atom stereocenters. The zero-order valence-corrected chi connectivity index (χ0v) is 18.0. The summed E-state index contributed by atoms with van der Waals surface area (Å²) in [6.07, 6.45) is 0. The molecule has 0 fully saturated rings. The molecule has 31 heavy (non-hydrogen) atoms. The highest BCUT2D eigenvalue weighted by Crippen LogP contribution is 2.30. The standard InChI is InChI=1S/C27H25FN2O/c1-19-9-7-14-25(15-19)30-21(3)26(17-27(30)23-11-5-4-6-12-23)20(2)29-31-18-22-10-8-13-24(28)16-22/h4-17H,18H2,1-3H3/b29-20-. The van der Waals surface area contributed by atoms with Crippen molar-refractivity contribution in [2.45, 2.75) is 27.4 Å². The zero-order chi connectivity index (χ0) is 21.8. The van der Waals surface area contributed by atoms with Gasteiger partial charge in [-0.3, -0.25) is 0 Å². The molecular formula is C27H25FN2O. The van der Waals surface area contributed by atoms with E-state index in [0.29, 0.717) is 0 Å². The van der Waals surface area contributed by atoms with E-state index in [-0.39, 0.29) is 12.4 Å². The smallest absolute Gasteiger partial charge is 0.142 e. The summed E-state index contributed by atoms with van der Waals surface area (Å²) in [4.78, 5) is 5.54. The molecule has 0 N–H and O–H groups in total. The van der Waals surface area contributed by atoms with Crippen LogP contribution in [0.1, 0.15) is 29.3 Å². The van der Waals surface area contributed by atoms with Gasteiger partial charge in [-0.15, -0.1) is 0 Å². The summed E-state index contributed by atoms with van der Waals surface area (Å²) in [6.45, 7) is 6.34. The molecule has 0 saturated heterocycles. The molecule has 0 aliphatic heterocycles. The van der Waals surface area contributed by atoms with Gasteiger partial charge in [-0.25, -0.2) is 4.39 Å². The second-order valence-corrected chi connectivity index (χ2v) is 7.65. The van der Waals surface area contributed by atoms with Crippen molar-refractivity contribution in [1.82, 2.24) is 4.57 Å². The van der Waals surface area contributed by atoms with Crippen molar-refractivity contribution in [2.24, 2.45) is 5.16 Å². The van der Waals surface area contributed by atoms with Crippen molar-refractivity contribution in [3.05, 3.63) is 113 Å². The highest BCUT2D eigenvalue weighted by Gasteiger charge is 2.17. The van der Waals surface area contributed by atoms with E-state index in [1.54, 1.807) is 6.07 Å². The van der Waals surface area contributed by atoms with Crippen molar-refractivity contribution in [1.29, 1.82) is 0 Å². The van der Waals surface area contributed by atoms with Gasteiger partial charge in [0.15, 0.2) is 0 Å². The normalized spacial score (nSPS) is 11.5. The number of aromatic nitrogens is 1. The molecule has 4 aromatic rings. The first-order valence-electron chi connectivity index (χ1n) is 10.3. The Morgan fingerprint density at radius 2 is 1.68 bits per heavy atom. The summed E-state index contributed by atoms with van der Waals surface area (Å²) in [5.41, 5.74) is 8.16. The lowest BCUT2D eigenvalue weighted by molar-refractivity contribution is 0.130. The Morgan fingerprint density at radius 3 is 2.42 bits per heavy atom. The fourth-order valence-corrected chi connectivity index (χ4v) is 3.77. The molecule has 0 radical (unpaired) electrons. The van der Waals surface area contributed by atoms with E-state index in [4.69, 9.17) is 4.84 Å². The second kappa shape index (κ2) is 9.00. The molecular weight excluding hydrogens is 387 g/mol. The topological polar surface area (TPSA) is 26.5 Å². The van der Waals surface area contributed by atoms with Crippen molar-refractivity contribution in [2.75, 3.05) is 0 Å². The Hall–Kier alpha value is -3.66. The lowest BCUT2D eigenvalue weighted by Crippen LogP contribution is -2.03. The zero-order valence-electron chi connectivity index (χ0n) is 18.0. The van der Waals surface area contributed by atoms with Crippen LogP contribution in [0.5, 0.6) is 0 Å². The molecule has 0 aliphatic carbocycles. The lowest BCUT2D eigenvalue weighted by atomic mass is 10.1. The number of benzene rings is 3. The third kappa shape index (κ3) is 4.58. The van der Waals surface area contributed by atoms with Crippen LogP contribution in [0.25, 0.3) is 16.9 Å². The minimum Gasteiger partial charge on any atom is -0.391 e. The number of hydrogen-bond acceptors (Lipinski definition) is 2. The third-order valence-electron chi connectivity index (χ3n) is 5.29. The quantitative estimate of drug-likeness (QED) is 0.251. The number of rotatable bonds is 6. The summed E-state index contributed by atoms with van der Waals surface area (Å²) in [7, 11) is 0. The molecule has 1 heterocycles. The molecule has 0 unspecified atom stereocenters. The maximum Gasteiger partial charge on any atom is 0.142 e. The van der Waals surface area contributed by atoms with Crippen molar-refractivity contribution >= 4 is 5.71 Å². The minimum atomic E-state index is -0.277. The van der Waals surface area contributed by atoms with Crippen molar-refractivity contribution < 1.29 is 9.23 Å². The Bertz CT molecular complexity index is 1230. The van der Waals surface area contributed by atoms with Gasteiger partial charge in [0.2, 0.25) is 0 Å². The molecule has 3 aromatic carbocycles. The second-order valence-electron chi connectivity index (χ2n) is 7.65. The number of nitrogens with zero attached hydrogens (tertiary/aromatic N) is 2. The summed E-state index contributed by atoms with van der Waals surface area (Å²) in [5.74, 6) is -0.277. The fraction of sp³-hybridized carbons (Fsp3) is 0.148.